The van der Waals surface area contributed by atoms with Crippen molar-refractivity contribution in [3.63, 3.8) is 0 Å². The van der Waals surface area contributed by atoms with Crippen LogP contribution in [0, 0.1) is 0 Å². The van der Waals surface area contributed by atoms with Crippen molar-refractivity contribution in [2.45, 2.75) is 71.4 Å². The molecule has 3 unspecified atom stereocenters. The zero-order valence-electron chi connectivity index (χ0n) is 13.8. The molecule has 1 rings (SSSR count). The van der Waals surface area contributed by atoms with E-state index in [2.05, 4.69) is 57.3 Å². The van der Waals surface area contributed by atoms with Crippen LogP contribution in [-0.2, 0) is 0 Å². The van der Waals surface area contributed by atoms with Crippen molar-refractivity contribution >= 4 is 0 Å². The van der Waals surface area contributed by atoms with Crippen LogP contribution in [0.5, 0.6) is 5.75 Å². The third-order valence-corrected chi connectivity index (χ3v) is 4.16. The molecule has 0 saturated carbocycles. The Balaban J connectivity index is 2.89. The summed E-state index contributed by atoms with van der Waals surface area (Å²) in [6, 6.07) is 8.92. The number of rotatable bonds is 9. The van der Waals surface area contributed by atoms with E-state index in [-0.39, 0.29) is 6.10 Å². The van der Waals surface area contributed by atoms with Crippen molar-refractivity contribution in [3.8, 4) is 5.75 Å². The van der Waals surface area contributed by atoms with E-state index in [4.69, 9.17) is 4.74 Å². The SMILES string of the molecule is CCCC(NC)C(CC)Oc1ccccc1C(C)CC. The fraction of sp³-hybridized carbons (Fsp3) is 0.667. The van der Waals surface area contributed by atoms with Crippen LogP contribution in [0.1, 0.15) is 64.9 Å². The van der Waals surface area contributed by atoms with E-state index >= 15 is 0 Å². The number of benzene rings is 1. The normalized spacial score (nSPS) is 15.7. The van der Waals surface area contributed by atoms with Crippen molar-refractivity contribution in [3.05, 3.63) is 29.8 Å². The van der Waals surface area contributed by atoms with Gasteiger partial charge in [0.15, 0.2) is 0 Å². The molecule has 2 nitrogen and oxygen atoms in total. The zero-order valence-corrected chi connectivity index (χ0v) is 13.8. The maximum absolute atomic E-state index is 6.36. The van der Waals surface area contributed by atoms with E-state index in [0.717, 1.165) is 25.0 Å². The predicted octanol–water partition coefficient (Wildman–Crippen LogP) is 4.75. The standard InChI is InChI=1S/C18H31NO/c1-6-11-16(19-5)17(8-3)20-18-13-10-9-12-15(18)14(4)7-2/h9-10,12-14,16-17,19H,6-8,11H2,1-5H3. The Bertz CT molecular complexity index is 377. The number of para-hydroxylation sites is 1. The van der Waals surface area contributed by atoms with Crippen LogP contribution >= 0.6 is 0 Å². The summed E-state index contributed by atoms with van der Waals surface area (Å²) in [6.07, 6.45) is 4.74. The van der Waals surface area contributed by atoms with Crippen molar-refractivity contribution in [2.24, 2.45) is 0 Å². The van der Waals surface area contributed by atoms with Crippen LogP contribution in [0.3, 0.4) is 0 Å². The number of nitrogens with one attached hydrogen (secondary N) is 1. The van der Waals surface area contributed by atoms with Gasteiger partial charge in [-0.2, -0.15) is 0 Å². The molecule has 0 aliphatic heterocycles. The molecule has 0 radical (unpaired) electrons. The molecule has 0 aliphatic rings. The molecule has 1 N–H and O–H groups in total. The number of hydrogen-bond acceptors (Lipinski definition) is 2. The monoisotopic (exact) mass is 277 g/mol. The summed E-state index contributed by atoms with van der Waals surface area (Å²) in [6.45, 7) is 8.93. The van der Waals surface area contributed by atoms with Crippen molar-refractivity contribution < 1.29 is 4.74 Å². The van der Waals surface area contributed by atoms with Gasteiger partial charge in [-0.25, -0.2) is 0 Å². The molecular weight excluding hydrogens is 246 g/mol. The van der Waals surface area contributed by atoms with Crippen LogP contribution in [0.2, 0.25) is 0 Å². The van der Waals surface area contributed by atoms with Crippen LogP contribution in [0.25, 0.3) is 0 Å². The second-order valence-electron chi connectivity index (χ2n) is 5.60. The van der Waals surface area contributed by atoms with Gasteiger partial charge in [0.1, 0.15) is 11.9 Å². The first kappa shape index (κ1) is 17.0. The fourth-order valence-corrected chi connectivity index (χ4v) is 2.66. The molecule has 3 atom stereocenters. The van der Waals surface area contributed by atoms with Gasteiger partial charge in [0.25, 0.3) is 0 Å². The molecule has 0 saturated heterocycles. The Morgan fingerprint density at radius 3 is 2.35 bits per heavy atom. The van der Waals surface area contributed by atoms with Crippen LogP contribution in [0.4, 0.5) is 0 Å². The van der Waals surface area contributed by atoms with Gasteiger partial charge >= 0.3 is 0 Å². The first-order valence-corrected chi connectivity index (χ1v) is 8.10. The number of hydrogen-bond donors (Lipinski definition) is 1. The minimum atomic E-state index is 0.241. The van der Waals surface area contributed by atoms with Gasteiger partial charge in [-0.15, -0.1) is 0 Å². The third-order valence-electron chi connectivity index (χ3n) is 4.16. The molecule has 1 aromatic rings. The largest absolute Gasteiger partial charge is 0.489 e. The van der Waals surface area contributed by atoms with Gasteiger partial charge in [0.05, 0.1) is 0 Å². The predicted molar refractivity (Wildman–Crippen MR) is 87.6 cm³/mol. The molecule has 0 fully saturated rings. The van der Waals surface area contributed by atoms with Gasteiger partial charge < -0.3 is 10.1 Å². The Morgan fingerprint density at radius 1 is 1.10 bits per heavy atom. The maximum Gasteiger partial charge on any atom is 0.123 e. The first-order valence-electron chi connectivity index (χ1n) is 8.10. The molecule has 0 spiro atoms. The molecule has 0 aliphatic carbocycles. The van der Waals surface area contributed by atoms with Gasteiger partial charge in [-0.1, -0.05) is 52.3 Å². The first-order chi connectivity index (χ1) is 9.67. The van der Waals surface area contributed by atoms with Gasteiger partial charge in [0, 0.05) is 6.04 Å². The van der Waals surface area contributed by atoms with Gasteiger partial charge in [0.2, 0.25) is 0 Å². The van der Waals surface area contributed by atoms with Gasteiger partial charge in [-0.3, -0.25) is 0 Å². The summed E-state index contributed by atoms with van der Waals surface area (Å²) >= 11 is 0. The summed E-state index contributed by atoms with van der Waals surface area (Å²) in [5.74, 6) is 1.60. The fourth-order valence-electron chi connectivity index (χ4n) is 2.66. The molecule has 2 heteroatoms. The summed E-state index contributed by atoms with van der Waals surface area (Å²) in [4.78, 5) is 0. The molecule has 1 aromatic carbocycles. The lowest BCUT2D eigenvalue weighted by Crippen LogP contribution is -2.41. The minimum Gasteiger partial charge on any atom is -0.489 e. The van der Waals surface area contributed by atoms with E-state index in [1.54, 1.807) is 0 Å². The lowest BCUT2D eigenvalue weighted by Gasteiger charge is -2.28. The molecule has 0 bridgehead atoms. The van der Waals surface area contributed by atoms with Crippen LogP contribution in [-0.4, -0.2) is 19.2 Å². The quantitative estimate of drug-likeness (QED) is 0.703. The van der Waals surface area contributed by atoms with Crippen LogP contribution < -0.4 is 10.1 Å². The van der Waals surface area contributed by atoms with Gasteiger partial charge in [-0.05, 0) is 43.9 Å². The van der Waals surface area contributed by atoms with E-state index < -0.39 is 0 Å². The topological polar surface area (TPSA) is 21.3 Å². The van der Waals surface area contributed by atoms with E-state index in [0.29, 0.717) is 12.0 Å². The van der Waals surface area contributed by atoms with E-state index in [1.165, 1.54) is 12.0 Å². The Morgan fingerprint density at radius 2 is 1.80 bits per heavy atom. The van der Waals surface area contributed by atoms with Crippen molar-refractivity contribution in [1.82, 2.24) is 5.32 Å². The second kappa shape index (κ2) is 9.02. The molecular formula is C18H31NO. The highest BCUT2D eigenvalue weighted by Gasteiger charge is 2.21. The highest BCUT2D eigenvalue weighted by molar-refractivity contribution is 5.36. The minimum absolute atomic E-state index is 0.241. The van der Waals surface area contributed by atoms with Crippen molar-refractivity contribution in [1.29, 1.82) is 0 Å². The maximum atomic E-state index is 6.36. The van der Waals surface area contributed by atoms with E-state index in [1.807, 2.05) is 7.05 Å². The summed E-state index contributed by atoms with van der Waals surface area (Å²) in [7, 11) is 2.03. The lowest BCUT2D eigenvalue weighted by molar-refractivity contribution is 0.145. The zero-order chi connectivity index (χ0) is 15.0. The average Bonchev–Trinajstić information content (AvgIpc) is 2.50. The van der Waals surface area contributed by atoms with Crippen LogP contribution in [0.15, 0.2) is 24.3 Å². The Labute approximate surface area is 124 Å². The summed E-state index contributed by atoms with van der Waals surface area (Å²) < 4.78 is 6.36. The molecule has 20 heavy (non-hydrogen) atoms. The highest BCUT2D eigenvalue weighted by Crippen LogP contribution is 2.30. The summed E-state index contributed by atoms with van der Waals surface area (Å²) in [5, 5.41) is 3.41. The molecule has 0 amide bonds. The Hall–Kier alpha value is -1.02. The molecule has 0 heterocycles. The summed E-state index contributed by atoms with van der Waals surface area (Å²) in [5.41, 5.74) is 1.33. The highest BCUT2D eigenvalue weighted by atomic mass is 16.5. The Kier molecular flexibility index (Phi) is 7.68. The average molecular weight is 277 g/mol. The molecule has 0 aromatic heterocycles. The van der Waals surface area contributed by atoms with Crippen molar-refractivity contribution in [2.75, 3.05) is 7.05 Å². The smallest absolute Gasteiger partial charge is 0.123 e. The third kappa shape index (κ3) is 4.52. The molecule has 114 valence electrons. The second-order valence-corrected chi connectivity index (χ2v) is 5.60. The lowest BCUT2D eigenvalue weighted by atomic mass is 9.97. The number of ether oxygens (including phenoxy) is 1. The number of likely N-dealkylation sites (N-methyl/N-ethyl adjacent to an activating group) is 1. The van der Waals surface area contributed by atoms with E-state index in [9.17, 15) is 0 Å².